The largest absolute Gasteiger partial charge is 0.376 e. The molecule has 2 atom stereocenters. The quantitative estimate of drug-likeness (QED) is 0.529. The van der Waals surface area contributed by atoms with Crippen molar-refractivity contribution in [2.24, 2.45) is 17.2 Å². The number of hydrogen-bond acceptors (Lipinski definition) is 3. The molecule has 0 aliphatic carbocycles. The summed E-state index contributed by atoms with van der Waals surface area (Å²) in [5.74, 6) is 6.24. The smallest absolute Gasteiger partial charge is 0.0789 e. The standard InChI is InChI=1S/C12H28N2O/c1-7-15-11(12(4,5)6)10(14-13)8-9(2)3/h9-11,14H,7-8,13H2,1-6H3. The Morgan fingerprint density at radius 1 is 1.27 bits per heavy atom. The molecule has 0 saturated carbocycles. The van der Waals surface area contributed by atoms with Gasteiger partial charge in [-0.2, -0.15) is 0 Å². The van der Waals surface area contributed by atoms with Crippen molar-refractivity contribution in [3.05, 3.63) is 0 Å². The second kappa shape index (κ2) is 6.46. The van der Waals surface area contributed by atoms with Crippen LogP contribution in [0.25, 0.3) is 0 Å². The third kappa shape index (κ3) is 5.50. The molecule has 0 aliphatic rings. The van der Waals surface area contributed by atoms with Gasteiger partial charge in [-0.1, -0.05) is 34.6 Å². The molecule has 3 nitrogen and oxygen atoms in total. The van der Waals surface area contributed by atoms with Crippen molar-refractivity contribution in [2.75, 3.05) is 6.61 Å². The van der Waals surface area contributed by atoms with E-state index < -0.39 is 0 Å². The molecule has 0 fully saturated rings. The van der Waals surface area contributed by atoms with Crippen molar-refractivity contribution >= 4 is 0 Å². The highest BCUT2D eigenvalue weighted by molar-refractivity contribution is 4.85. The Hall–Kier alpha value is -0.120. The first-order valence-electron chi connectivity index (χ1n) is 5.90. The molecule has 0 aromatic rings. The van der Waals surface area contributed by atoms with Gasteiger partial charge < -0.3 is 4.74 Å². The van der Waals surface area contributed by atoms with Gasteiger partial charge in [0, 0.05) is 12.6 Å². The fourth-order valence-corrected chi connectivity index (χ4v) is 1.94. The van der Waals surface area contributed by atoms with Gasteiger partial charge in [-0.15, -0.1) is 0 Å². The van der Waals surface area contributed by atoms with Crippen LogP contribution >= 0.6 is 0 Å². The molecule has 0 saturated heterocycles. The molecule has 3 N–H and O–H groups in total. The van der Waals surface area contributed by atoms with Crippen molar-refractivity contribution in [2.45, 2.75) is 60.1 Å². The zero-order valence-electron chi connectivity index (χ0n) is 11.1. The minimum absolute atomic E-state index is 0.113. The van der Waals surface area contributed by atoms with E-state index in [0.717, 1.165) is 13.0 Å². The normalized spacial score (nSPS) is 16.8. The van der Waals surface area contributed by atoms with Crippen molar-refractivity contribution in [1.82, 2.24) is 5.43 Å². The maximum Gasteiger partial charge on any atom is 0.0789 e. The first-order chi connectivity index (χ1) is 6.82. The number of ether oxygens (including phenoxy) is 1. The van der Waals surface area contributed by atoms with E-state index in [1.165, 1.54) is 0 Å². The maximum absolute atomic E-state index is 5.82. The van der Waals surface area contributed by atoms with Gasteiger partial charge in [-0.3, -0.25) is 11.3 Å². The van der Waals surface area contributed by atoms with E-state index in [0.29, 0.717) is 5.92 Å². The average molecular weight is 216 g/mol. The Morgan fingerprint density at radius 2 is 1.80 bits per heavy atom. The van der Waals surface area contributed by atoms with E-state index in [1.54, 1.807) is 0 Å². The summed E-state index contributed by atoms with van der Waals surface area (Å²) in [6, 6.07) is 0.227. The van der Waals surface area contributed by atoms with Gasteiger partial charge in [0.05, 0.1) is 6.10 Å². The molecule has 0 rings (SSSR count). The Kier molecular flexibility index (Phi) is 6.41. The summed E-state index contributed by atoms with van der Waals surface area (Å²) >= 11 is 0. The fourth-order valence-electron chi connectivity index (χ4n) is 1.94. The lowest BCUT2D eigenvalue weighted by Gasteiger charge is -2.37. The lowest BCUT2D eigenvalue weighted by atomic mass is 9.82. The molecule has 3 heteroatoms. The monoisotopic (exact) mass is 216 g/mol. The molecule has 15 heavy (non-hydrogen) atoms. The molecular weight excluding hydrogens is 188 g/mol. The van der Waals surface area contributed by atoms with E-state index in [-0.39, 0.29) is 17.6 Å². The van der Waals surface area contributed by atoms with Crippen LogP contribution < -0.4 is 11.3 Å². The zero-order valence-corrected chi connectivity index (χ0v) is 11.1. The average Bonchev–Trinajstić information content (AvgIpc) is 2.08. The Balaban J connectivity index is 4.55. The summed E-state index contributed by atoms with van der Waals surface area (Å²) in [4.78, 5) is 0. The Morgan fingerprint density at radius 3 is 2.07 bits per heavy atom. The van der Waals surface area contributed by atoms with Gasteiger partial charge in [-0.05, 0) is 24.7 Å². The molecule has 0 heterocycles. The molecule has 0 bridgehead atoms. The molecule has 2 unspecified atom stereocenters. The van der Waals surface area contributed by atoms with Crippen LogP contribution in [0, 0.1) is 11.3 Å². The summed E-state index contributed by atoms with van der Waals surface area (Å²) in [6.07, 6.45) is 1.20. The first kappa shape index (κ1) is 14.9. The third-order valence-electron chi connectivity index (χ3n) is 2.50. The first-order valence-corrected chi connectivity index (χ1v) is 5.90. The van der Waals surface area contributed by atoms with Crippen LogP contribution in [0.1, 0.15) is 48.0 Å². The summed E-state index contributed by atoms with van der Waals surface area (Å²) in [6.45, 7) is 13.7. The van der Waals surface area contributed by atoms with E-state index in [2.05, 4.69) is 40.0 Å². The van der Waals surface area contributed by atoms with Gasteiger partial charge >= 0.3 is 0 Å². The van der Waals surface area contributed by atoms with Crippen molar-refractivity contribution in [3.8, 4) is 0 Å². The number of hydrazine groups is 1. The van der Waals surface area contributed by atoms with E-state index in [9.17, 15) is 0 Å². The predicted molar refractivity (Wildman–Crippen MR) is 65.4 cm³/mol. The highest BCUT2D eigenvalue weighted by Gasteiger charge is 2.32. The Labute approximate surface area is 94.7 Å². The lowest BCUT2D eigenvalue weighted by molar-refractivity contribution is -0.0397. The molecule has 92 valence electrons. The summed E-state index contributed by atoms with van der Waals surface area (Å²) < 4.78 is 5.82. The topological polar surface area (TPSA) is 47.3 Å². The van der Waals surface area contributed by atoms with Crippen LogP contribution in [-0.2, 0) is 4.74 Å². The number of nitrogens with one attached hydrogen (secondary N) is 1. The molecule has 0 spiro atoms. The van der Waals surface area contributed by atoms with Crippen molar-refractivity contribution in [1.29, 1.82) is 0 Å². The van der Waals surface area contributed by atoms with Crippen molar-refractivity contribution in [3.63, 3.8) is 0 Å². The molecule has 0 aliphatic heterocycles. The van der Waals surface area contributed by atoms with E-state index in [4.69, 9.17) is 10.6 Å². The van der Waals surface area contributed by atoms with Crippen LogP contribution in [0.3, 0.4) is 0 Å². The zero-order chi connectivity index (χ0) is 12.1. The summed E-state index contributed by atoms with van der Waals surface area (Å²) in [5, 5.41) is 0. The number of nitrogens with two attached hydrogens (primary N) is 1. The summed E-state index contributed by atoms with van der Waals surface area (Å²) in [5.41, 5.74) is 3.01. The third-order valence-corrected chi connectivity index (χ3v) is 2.50. The van der Waals surface area contributed by atoms with Crippen LogP contribution in [0.15, 0.2) is 0 Å². The Bertz CT molecular complexity index is 163. The second-order valence-corrected chi connectivity index (χ2v) is 5.64. The number of hydrogen-bond donors (Lipinski definition) is 2. The van der Waals surface area contributed by atoms with Gasteiger partial charge in [0.2, 0.25) is 0 Å². The highest BCUT2D eigenvalue weighted by atomic mass is 16.5. The molecule has 0 amide bonds. The SMILES string of the molecule is CCOC(C(CC(C)C)NN)C(C)(C)C. The van der Waals surface area contributed by atoms with E-state index >= 15 is 0 Å². The van der Waals surface area contributed by atoms with Crippen LogP contribution in [-0.4, -0.2) is 18.8 Å². The van der Waals surface area contributed by atoms with Crippen LogP contribution in [0.2, 0.25) is 0 Å². The van der Waals surface area contributed by atoms with Gasteiger partial charge in [-0.25, -0.2) is 0 Å². The second-order valence-electron chi connectivity index (χ2n) is 5.64. The van der Waals surface area contributed by atoms with Gasteiger partial charge in [0.25, 0.3) is 0 Å². The van der Waals surface area contributed by atoms with Gasteiger partial charge in [0.1, 0.15) is 0 Å². The molecule has 0 aromatic heterocycles. The predicted octanol–water partition coefficient (Wildman–Crippen LogP) is 2.32. The highest BCUT2D eigenvalue weighted by Crippen LogP contribution is 2.27. The van der Waals surface area contributed by atoms with Crippen LogP contribution in [0.5, 0.6) is 0 Å². The molecule has 0 aromatic carbocycles. The lowest BCUT2D eigenvalue weighted by Crippen LogP contribution is -2.51. The maximum atomic E-state index is 5.82. The molecular formula is C12H28N2O. The molecule has 0 radical (unpaired) electrons. The minimum Gasteiger partial charge on any atom is -0.376 e. The van der Waals surface area contributed by atoms with E-state index in [1.807, 2.05) is 6.92 Å². The van der Waals surface area contributed by atoms with Crippen molar-refractivity contribution < 1.29 is 4.74 Å². The van der Waals surface area contributed by atoms with Crippen LogP contribution in [0.4, 0.5) is 0 Å². The fraction of sp³-hybridized carbons (Fsp3) is 1.00. The minimum atomic E-state index is 0.113. The summed E-state index contributed by atoms with van der Waals surface area (Å²) in [7, 11) is 0. The van der Waals surface area contributed by atoms with Gasteiger partial charge in [0.15, 0.2) is 0 Å². The number of rotatable bonds is 6.